The summed E-state index contributed by atoms with van der Waals surface area (Å²) in [7, 11) is 1.65. The van der Waals surface area contributed by atoms with Crippen molar-refractivity contribution in [2.45, 2.75) is 12.1 Å². The van der Waals surface area contributed by atoms with Crippen molar-refractivity contribution in [3.05, 3.63) is 29.3 Å². The Bertz CT molecular complexity index is 432. The number of β-amino-alcohol motifs (C(OH)–C–C–N with tert-alkyl or cyclic N) is 1. The van der Waals surface area contributed by atoms with E-state index in [1.165, 1.54) is 12.1 Å². The molecule has 0 bridgehead atoms. The standard InChI is InChI=1S/C11H13NO4/c1-12-5-9(14)8-4-6(13)2-3-7(8)10(12)11(15)16/h2-4,9-10,13-14H,5H2,1H3,(H,15,16)/t9-,10?/m0/s1. The molecule has 1 aromatic rings. The van der Waals surface area contributed by atoms with E-state index >= 15 is 0 Å². The number of phenols is 1. The number of phenolic OH excluding ortho intramolecular Hbond substituents is 1. The van der Waals surface area contributed by atoms with Crippen molar-refractivity contribution in [2.75, 3.05) is 13.6 Å². The molecule has 1 unspecified atom stereocenters. The molecule has 0 aliphatic carbocycles. The summed E-state index contributed by atoms with van der Waals surface area (Å²) < 4.78 is 0. The van der Waals surface area contributed by atoms with Crippen LogP contribution in [0.25, 0.3) is 0 Å². The maximum Gasteiger partial charge on any atom is 0.325 e. The number of aliphatic carboxylic acids is 1. The van der Waals surface area contributed by atoms with Crippen molar-refractivity contribution in [3.8, 4) is 5.75 Å². The minimum absolute atomic E-state index is 0.0338. The van der Waals surface area contributed by atoms with Gasteiger partial charge < -0.3 is 15.3 Å². The van der Waals surface area contributed by atoms with Crippen molar-refractivity contribution in [1.82, 2.24) is 4.90 Å². The van der Waals surface area contributed by atoms with E-state index in [1.807, 2.05) is 0 Å². The molecule has 2 rings (SSSR count). The van der Waals surface area contributed by atoms with Gasteiger partial charge in [-0.3, -0.25) is 9.69 Å². The fraction of sp³-hybridized carbons (Fsp3) is 0.364. The van der Waals surface area contributed by atoms with E-state index in [9.17, 15) is 15.0 Å². The van der Waals surface area contributed by atoms with Crippen LogP contribution in [0.15, 0.2) is 18.2 Å². The topological polar surface area (TPSA) is 81.0 Å². The summed E-state index contributed by atoms with van der Waals surface area (Å²) in [6, 6.07) is 3.63. The van der Waals surface area contributed by atoms with Crippen molar-refractivity contribution in [2.24, 2.45) is 0 Å². The molecule has 86 valence electrons. The number of carboxylic acids is 1. The lowest BCUT2D eigenvalue weighted by Crippen LogP contribution is -2.39. The summed E-state index contributed by atoms with van der Waals surface area (Å²) in [5, 5.41) is 28.3. The molecule has 0 spiro atoms. The summed E-state index contributed by atoms with van der Waals surface area (Å²) in [5.41, 5.74) is 1.03. The fourth-order valence-electron chi connectivity index (χ4n) is 2.14. The average Bonchev–Trinajstić information content (AvgIpc) is 2.18. The van der Waals surface area contributed by atoms with E-state index in [-0.39, 0.29) is 12.3 Å². The van der Waals surface area contributed by atoms with Gasteiger partial charge in [0.05, 0.1) is 6.10 Å². The van der Waals surface area contributed by atoms with Crippen LogP contribution in [0.2, 0.25) is 0 Å². The first-order valence-corrected chi connectivity index (χ1v) is 4.94. The van der Waals surface area contributed by atoms with Crippen molar-refractivity contribution in [1.29, 1.82) is 0 Å². The number of aromatic hydroxyl groups is 1. The number of carbonyl (C=O) groups is 1. The smallest absolute Gasteiger partial charge is 0.325 e. The first-order valence-electron chi connectivity index (χ1n) is 4.94. The van der Waals surface area contributed by atoms with Gasteiger partial charge in [-0.05, 0) is 30.3 Å². The largest absolute Gasteiger partial charge is 0.508 e. The maximum absolute atomic E-state index is 11.1. The van der Waals surface area contributed by atoms with Gasteiger partial charge in [0.25, 0.3) is 0 Å². The second kappa shape index (κ2) is 3.77. The molecule has 5 nitrogen and oxygen atoms in total. The lowest BCUT2D eigenvalue weighted by atomic mass is 9.91. The Kier molecular flexibility index (Phi) is 2.57. The second-order valence-corrected chi connectivity index (χ2v) is 4.01. The lowest BCUT2D eigenvalue weighted by Gasteiger charge is -2.34. The molecular weight excluding hydrogens is 210 g/mol. The molecule has 16 heavy (non-hydrogen) atoms. The van der Waals surface area contributed by atoms with Gasteiger partial charge in [0.1, 0.15) is 11.8 Å². The number of fused-ring (bicyclic) bond motifs is 1. The number of aliphatic hydroxyl groups is 1. The highest BCUT2D eigenvalue weighted by Crippen LogP contribution is 2.35. The third-order valence-electron chi connectivity index (χ3n) is 2.86. The molecule has 1 aliphatic heterocycles. The Morgan fingerprint density at radius 1 is 1.44 bits per heavy atom. The molecule has 2 atom stereocenters. The highest BCUT2D eigenvalue weighted by atomic mass is 16.4. The predicted molar refractivity (Wildman–Crippen MR) is 56.1 cm³/mol. The van der Waals surface area contributed by atoms with E-state index < -0.39 is 18.1 Å². The number of nitrogens with zero attached hydrogens (tertiary/aromatic N) is 1. The van der Waals surface area contributed by atoms with Crippen LogP contribution in [0, 0.1) is 0 Å². The van der Waals surface area contributed by atoms with Crippen LogP contribution in [0.4, 0.5) is 0 Å². The van der Waals surface area contributed by atoms with Gasteiger partial charge in [0, 0.05) is 6.54 Å². The monoisotopic (exact) mass is 223 g/mol. The van der Waals surface area contributed by atoms with Gasteiger partial charge in [0.2, 0.25) is 0 Å². The van der Waals surface area contributed by atoms with E-state index in [1.54, 1.807) is 18.0 Å². The zero-order valence-corrected chi connectivity index (χ0v) is 8.79. The van der Waals surface area contributed by atoms with E-state index in [0.29, 0.717) is 11.1 Å². The molecule has 1 aliphatic rings. The number of aliphatic hydroxyl groups excluding tert-OH is 1. The molecule has 0 amide bonds. The van der Waals surface area contributed by atoms with Crippen LogP contribution in [0.3, 0.4) is 0 Å². The number of likely N-dealkylation sites (N-methyl/N-ethyl adjacent to an activating group) is 1. The van der Waals surface area contributed by atoms with Gasteiger partial charge in [-0.2, -0.15) is 0 Å². The summed E-state index contributed by atoms with van der Waals surface area (Å²) in [5.74, 6) is -0.923. The van der Waals surface area contributed by atoms with Crippen LogP contribution < -0.4 is 0 Å². The molecule has 0 saturated heterocycles. The molecule has 0 radical (unpaired) electrons. The Morgan fingerprint density at radius 3 is 2.75 bits per heavy atom. The summed E-state index contributed by atoms with van der Waals surface area (Å²) in [4.78, 5) is 12.7. The molecule has 5 heteroatoms. The van der Waals surface area contributed by atoms with Crippen LogP contribution in [0.1, 0.15) is 23.3 Å². The highest BCUT2D eigenvalue weighted by Gasteiger charge is 2.34. The van der Waals surface area contributed by atoms with Crippen molar-refractivity contribution < 1.29 is 20.1 Å². The van der Waals surface area contributed by atoms with E-state index in [2.05, 4.69) is 0 Å². The summed E-state index contributed by atoms with van der Waals surface area (Å²) >= 11 is 0. The number of hydrogen-bond acceptors (Lipinski definition) is 4. The second-order valence-electron chi connectivity index (χ2n) is 4.01. The Hall–Kier alpha value is -1.59. The van der Waals surface area contributed by atoms with Crippen LogP contribution in [-0.4, -0.2) is 39.8 Å². The molecular formula is C11H13NO4. The van der Waals surface area contributed by atoms with Gasteiger partial charge >= 0.3 is 5.97 Å². The van der Waals surface area contributed by atoms with E-state index in [0.717, 1.165) is 0 Å². The maximum atomic E-state index is 11.1. The number of carboxylic acid groups (broad SMARTS) is 1. The Morgan fingerprint density at radius 2 is 2.12 bits per heavy atom. The van der Waals surface area contributed by atoms with Crippen LogP contribution >= 0.6 is 0 Å². The summed E-state index contributed by atoms with van der Waals surface area (Å²) in [6.45, 7) is 0.243. The third-order valence-corrected chi connectivity index (χ3v) is 2.86. The first kappa shape index (κ1) is 10.9. The predicted octanol–water partition coefficient (Wildman–Crippen LogP) is 0.497. The lowest BCUT2D eigenvalue weighted by molar-refractivity contribution is -0.144. The molecule has 0 aromatic heterocycles. The summed E-state index contributed by atoms with van der Waals surface area (Å²) in [6.07, 6.45) is -0.761. The average molecular weight is 223 g/mol. The normalized spacial score (nSPS) is 25.1. The number of hydrogen-bond donors (Lipinski definition) is 3. The number of benzene rings is 1. The van der Waals surface area contributed by atoms with Gasteiger partial charge in [-0.15, -0.1) is 0 Å². The first-order chi connectivity index (χ1) is 7.50. The quantitative estimate of drug-likeness (QED) is 0.645. The molecule has 1 heterocycles. The van der Waals surface area contributed by atoms with Crippen molar-refractivity contribution in [3.63, 3.8) is 0 Å². The molecule has 3 N–H and O–H groups in total. The van der Waals surface area contributed by atoms with Gasteiger partial charge in [-0.1, -0.05) is 6.07 Å². The zero-order chi connectivity index (χ0) is 11.9. The third kappa shape index (κ3) is 1.64. The number of rotatable bonds is 1. The minimum atomic E-state index is -0.957. The molecule has 1 aromatic carbocycles. The molecule has 0 fully saturated rings. The molecule has 0 saturated carbocycles. The highest BCUT2D eigenvalue weighted by molar-refractivity contribution is 5.76. The Labute approximate surface area is 92.6 Å². The minimum Gasteiger partial charge on any atom is -0.508 e. The zero-order valence-electron chi connectivity index (χ0n) is 8.79. The van der Waals surface area contributed by atoms with Crippen molar-refractivity contribution >= 4 is 5.97 Å². The van der Waals surface area contributed by atoms with Crippen LogP contribution in [-0.2, 0) is 4.79 Å². The Balaban J connectivity index is 2.54. The van der Waals surface area contributed by atoms with Gasteiger partial charge in [0.15, 0.2) is 0 Å². The van der Waals surface area contributed by atoms with Gasteiger partial charge in [-0.25, -0.2) is 0 Å². The SMILES string of the molecule is CN1C[C@H](O)c2cc(O)ccc2C1C(=O)O. The fourth-order valence-corrected chi connectivity index (χ4v) is 2.14. The van der Waals surface area contributed by atoms with Crippen LogP contribution in [0.5, 0.6) is 5.75 Å². The van der Waals surface area contributed by atoms with E-state index in [4.69, 9.17) is 5.11 Å².